The number of hydrogen-bond donors (Lipinski definition) is 1. The summed E-state index contributed by atoms with van der Waals surface area (Å²) in [6, 6.07) is 8.66. The highest BCUT2D eigenvalue weighted by Crippen LogP contribution is 2.33. The number of benzene rings is 1. The molecule has 1 aromatic heterocycles. The Morgan fingerprint density at radius 3 is 2.81 bits per heavy atom. The van der Waals surface area contributed by atoms with Crippen molar-refractivity contribution >= 4 is 17.3 Å². The van der Waals surface area contributed by atoms with Crippen LogP contribution in [0.2, 0.25) is 0 Å². The van der Waals surface area contributed by atoms with Crippen molar-refractivity contribution in [3.05, 3.63) is 57.9 Å². The molecule has 1 N–H and O–H groups in total. The van der Waals surface area contributed by atoms with Crippen molar-refractivity contribution in [2.45, 2.75) is 24.9 Å². The number of hydrogen-bond acceptors (Lipinski definition) is 5. The summed E-state index contributed by atoms with van der Waals surface area (Å²) in [7, 11) is 1.93. The third-order valence-electron chi connectivity index (χ3n) is 5.09. The molecular formula is C19H22N4O4. The third-order valence-corrected chi connectivity index (χ3v) is 5.09. The predicted octanol–water partition coefficient (Wildman–Crippen LogP) is 2.72. The zero-order chi connectivity index (χ0) is 19.0. The number of anilines is 1. The largest absolute Gasteiger partial charge is 0.377 e. The van der Waals surface area contributed by atoms with E-state index in [2.05, 4.69) is 5.32 Å². The number of carbonyl (C=O) groups excluding carboxylic acids is 1. The van der Waals surface area contributed by atoms with E-state index in [1.165, 1.54) is 6.07 Å². The van der Waals surface area contributed by atoms with E-state index in [0.717, 1.165) is 18.5 Å². The lowest BCUT2D eigenvalue weighted by molar-refractivity contribution is -0.384. The molecule has 1 unspecified atom stereocenters. The molecule has 2 aromatic rings. The fraction of sp³-hybridized carbons (Fsp3) is 0.421. The Hall–Kier alpha value is -2.87. The van der Waals surface area contributed by atoms with Gasteiger partial charge in [0.1, 0.15) is 5.69 Å². The van der Waals surface area contributed by atoms with Gasteiger partial charge >= 0.3 is 0 Å². The van der Waals surface area contributed by atoms with Crippen LogP contribution in [0.4, 0.5) is 11.4 Å². The average Bonchev–Trinajstić information content (AvgIpc) is 3.39. The highest BCUT2D eigenvalue weighted by atomic mass is 16.6. The van der Waals surface area contributed by atoms with Gasteiger partial charge in [0.05, 0.1) is 24.2 Å². The van der Waals surface area contributed by atoms with Crippen LogP contribution >= 0.6 is 0 Å². The Morgan fingerprint density at radius 2 is 2.15 bits per heavy atom. The smallest absolute Gasteiger partial charge is 0.293 e. The van der Waals surface area contributed by atoms with E-state index in [0.29, 0.717) is 37.1 Å². The summed E-state index contributed by atoms with van der Waals surface area (Å²) in [6.07, 6.45) is 3.96. The van der Waals surface area contributed by atoms with Crippen LogP contribution in [0.5, 0.6) is 0 Å². The number of nitro groups is 1. The van der Waals surface area contributed by atoms with Crippen LogP contribution in [-0.2, 0) is 11.8 Å². The molecule has 1 aliphatic carbocycles. The van der Waals surface area contributed by atoms with Gasteiger partial charge in [-0.1, -0.05) is 0 Å². The van der Waals surface area contributed by atoms with E-state index in [9.17, 15) is 14.9 Å². The van der Waals surface area contributed by atoms with Crippen LogP contribution in [0.25, 0.3) is 0 Å². The van der Waals surface area contributed by atoms with Gasteiger partial charge in [-0.05, 0) is 37.1 Å². The molecule has 27 heavy (non-hydrogen) atoms. The number of nitrogens with zero attached hydrogens (tertiary/aromatic N) is 3. The van der Waals surface area contributed by atoms with Gasteiger partial charge in [-0.2, -0.15) is 0 Å². The summed E-state index contributed by atoms with van der Waals surface area (Å²) >= 11 is 0. The molecule has 2 fully saturated rings. The first-order valence-electron chi connectivity index (χ1n) is 9.09. The van der Waals surface area contributed by atoms with Crippen molar-refractivity contribution in [3.8, 4) is 0 Å². The second-order valence-corrected chi connectivity index (χ2v) is 7.04. The van der Waals surface area contributed by atoms with Gasteiger partial charge < -0.3 is 19.5 Å². The molecule has 1 atom stereocenters. The number of morpholine rings is 1. The lowest BCUT2D eigenvalue weighted by atomic mass is 10.1. The maximum Gasteiger partial charge on any atom is 0.293 e. The topological polar surface area (TPSA) is 89.6 Å². The summed E-state index contributed by atoms with van der Waals surface area (Å²) in [4.78, 5) is 26.0. The number of rotatable bonds is 5. The molecule has 8 nitrogen and oxygen atoms in total. The Kier molecular flexibility index (Phi) is 4.57. The summed E-state index contributed by atoms with van der Waals surface area (Å²) < 4.78 is 7.55. The molecule has 4 rings (SSSR count). The summed E-state index contributed by atoms with van der Waals surface area (Å²) in [6.45, 7) is 1.31. The standard InChI is InChI=1S/C19H22N4O4/c1-21-8-2-3-16(21)18-12-27-10-9-22(18)19(24)13-4-7-15(20-14-5-6-14)17(11-13)23(25)26/h2-4,7-8,11,14,18,20H,5-6,9-10,12H2,1H3. The van der Waals surface area contributed by atoms with E-state index < -0.39 is 4.92 Å². The molecule has 1 amide bonds. The van der Waals surface area contributed by atoms with Gasteiger partial charge in [-0.25, -0.2) is 0 Å². The van der Waals surface area contributed by atoms with Gasteiger partial charge in [0, 0.05) is 43.2 Å². The van der Waals surface area contributed by atoms with Crippen LogP contribution in [0.3, 0.4) is 0 Å². The molecule has 1 saturated heterocycles. The zero-order valence-corrected chi connectivity index (χ0v) is 15.1. The van der Waals surface area contributed by atoms with E-state index in [4.69, 9.17) is 4.74 Å². The quantitative estimate of drug-likeness (QED) is 0.646. The number of ether oxygens (including phenoxy) is 1. The second kappa shape index (κ2) is 7.03. The maximum absolute atomic E-state index is 13.2. The minimum absolute atomic E-state index is 0.0589. The number of nitrogens with one attached hydrogen (secondary N) is 1. The third kappa shape index (κ3) is 3.52. The average molecular weight is 370 g/mol. The zero-order valence-electron chi connectivity index (χ0n) is 15.1. The lowest BCUT2D eigenvalue weighted by Crippen LogP contribution is -2.44. The Balaban J connectivity index is 1.63. The Bertz CT molecular complexity index is 874. The predicted molar refractivity (Wildman–Crippen MR) is 99.8 cm³/mol. The van der Waals surface area contributed by atoms with Crippen molar-refractivity contribution in [2.75, 3.05) is 25.1 Å². The first-order valence-corrected chi connectivity index (χ1v) is 9.09. The van der Waals surface area contributed by atoms with E-state index >= 15 is 0 Å². The van der Waals surface area contributed by atoms with Crippen LogP contribution in [-0.4, -0.2) is 46.1 Å². The molecule has 0 radical (unpaired) electrons. The molecule has 0 bridgehead atoms. The van der Waals surface area contributed by atoms with Gasteiger partial charge in [-0.15, -0.1) is 0 Å². The fourth-order valence-electron chi connectivity index (χ4n) is 3.46. The van der Waals surface area contributed by atoms with Crippen LogP contribution in [0.15, 0.2) is 36.5 Å². The SMILES string of the molecule is Cn1cccc1C1COCCN1C(=O)c1ccc(NC2CC2)c([N+](=O)[O-])c1. The van der Waals surface area contributed by atoms with Crippen molar-refractivity contribution in [3.63, 3.8) is 0 Å². The normalized spacial score (nSPS) is 19.7. The van der Waals surface area contributed by atoms with Crippen molar-refractivity contribution in [1.29, 1.82) is 0 Å². The first kappa shape index (κ1) is 17.5. The van der Waals surface area contributed by atoms with Gasteiger partial charge in [0.2, 0.25) is 0 Å². The lowest BCUT2D eigenvalue weighted by Gasteiger charge is -2.36. The summed E-state index contributed by atoms with van der Waals surface area (Å²) in [5, 5.41) is 14.6. The van der Waals surface area contributed by atoms with Crippen LogP contribution < -0.4 is 5.32 Å². The molecule has 0 spiro atoms. The van der Waals surface area contributed by atoms with Crippen LogP contribution in [0.1, 0.15) is 34.9 Å². The molecule has 142 valence electrons. The molecule has 1 saturated carbocycles. The molecule has 2 aliphatic rings. The molecule has 2 heterocycles. The van der Waals surface area contributed by atoms with Crippen molar-refractivity contribution < 1.29 is 14.5 Å². The second-order valence-electron chi connectivity index (χ2n) is 7.04. The van der Waals surface area contributed by atoms with E-state index in [-0.39, 0.29) is 17.6 Å². The molecular weight excluding hydrogens is 348 g/mol. The minimum atomic E-state index is -0.435. The number of aromatic nitrogens is 1. The van der Waals surface area contributed by atoms with E-state index in [1.807, 2.05) is 29.9 Å². The Morgan fingerprint density at radius 1 is 1.33 bits per heavy atom. The molecule has 1 aliphatic heterocycles. The van der Waals surface area contributed by atoms with E-state index in [1.54, 1.807) is 17.0 Å². The highest BCUT2D eigenvalue weighted by Gasteiger charge is 2.32. The van der Waals surface area contributed by atoms with Gasteiger partial charge in [0.15, 0.2) is 0 Å². The molecule has 1 aromatic carbocycles. The Labute approximate surface area is 156 Å². The maximum atomic E-state index is 13.2. The monoisotopic (exact) mass is 370 g/mol. The number of nitro benzene ring substituents is 1. The fourth-order valence-corrected chi connectivity index (χ4v) is 3.46. The number of amides is 1. The van der Waals surface area contributed by atoms with Crippen molar-refractivity contribution in [2.24, 2.45) is 7.05 Å². The number of aryl methyl sites for hydroxylation is 1. The van der Waals surface area contributed by atoms with Crippen LogP contribution in [0, 0.1) is 10.1 Å². The summed E-state index contributed by atoms with van der Waals surface area (Å²) in [5.41, 5.74) is 1.71. The number of carbonyl (C=O) groups is 1. The first-order chi connectivity index (χ1) is 13.0. The van der Waals surface area contributed by atoms with Crippen molar-refractivity contribution in [1.82, 2.24) is 9.47 Å². The molecule has 8 heteroatoms. The van der Waals surface area contributed by atoms with Gasteiger partial charge in [0.25, 0.3) is 11.6 Å². The minimum Gasteiger partial charge on any atom is -0.377 e. The summed E-state index contributed by atoms with van der Waals surface area (Å²) in [5.74, 6) is -0.217. The van der Waals surface area contributed by atoms with Gasteiger partial charge in [-0.3, -0.25) is 14.9 Å². The highest BCUT2D eigenvalue weighted by molar-refractivity contribution is 5.96.